The van der Waals surface area contributed by atoms with Crippen LogP contribution in [0.15, 0.2) is 36.5 Å². The molecule has 0 aliphatic heterocycles. The zero-order valence-corrected chi connectivity index (χ0v) is 21.8. The van der Waals surface area contributed by atoms with E-state index in [0.717, 1.165) is 23.4 Å². The van der Waals surface area contributed by atoms with Crippen molar-refractivity contribution in [1.82, 2.24) is 20.9 Å². The molecule has 1 heterocycles. The van der Waals surface area contributed by atoms with Gasteiger partial charge in [-0.1, -0.05) is 37.0 Å². The minimum absolute atomic E-state index is 0.00846. The van der Waals surface area contributed by atoms with Crippen molar-refractivity contribution in [2.75, 3.05) is 18.4 Å². The number of carbonyl (C=O) groups excluding carboxylic acids is 3. The van der Waals surface area contributed by atoms with E-state index in [1.807, 2.05) is 19.1 Å². The maximum atomic E-state index is 12.8. The van der Waals surface area contributed by atoms with Gasteiger partial charge in [0.1, 0.15) is 11.9 Å². The maximum absolute atomic E-state index is 12.8. The summed E-state index contributed by atoms with van der Waals surface area (Å²) in [6, 6.07) is 7.97. The summed E-state index contributed by atoms with van der Waals surface area (Å²) in [5.41, 5.74) is 1.84. The van der Waals surface area contributed by atoms with Gasteiger partial charge in [0.15, 0.2) is 0 Å². The highest BCUT2D eigenvalue weighted by Crippen LogP contribution is 2.18. The smallest absolute Gasteiger partial charge is 0.244 e. The van der Waals surface area contributed by atoms with Gasteiger partial charge in [-0.05, 0) is 61.2 Å². The number of pyridine rings is 1. The van der Waals surface area contributed by atoms with Gasteiger partial charge in [0.25, 0.3) is 0 Å². The van der Waals surface area contributed by atoms with Crippen LogP contribution in [0, 0.1) is 12.8 Å². The number of carbonyl (C=O) groups is 3. The Kier molecular flexibility index (Phi) is 11.8. The SMILES string of the molecule is Cc1ccnc(NCCCCC(=O)N[C@@H](CNC(=O)C(C)C)C(=O)NCc2cc(Cl)cc(Cl)c2)c1. The fourth-order valence-corrected chi connectivity index (χ4v) is 3.74. The van der Waals surface area contributed by atoms with E-state index in [9.17, 15) is 14.4 Å². The molecule has 2 aromatic rings. The third-order valence-electron chi connectivity index (χ3n) is 5.10. The number of rotatable bonds is 13. The lowest BCUT2D eigenvalue weighted by Gasteiger charge is -2.20. The molecular formula is C25H33Cl2N5O3. The van der Waals surface area contributed by atoms with Crippen molar-refractivity contribution >= 4 is 46.7 Å². The molecule has 4 N–H and O–H groups in total. The van der Waals surface area contributed by atoms with E-state index in [2.05, 4.69) is 26.3 Å². The number of amides is 3. The largest absolute Gasteiger partial charge is 0.370 e. The first-order valence-electron chi connectivity index (χ1n) is 11.6. The Balaban J connectivity index is 1.84. The molecule has 0 saturated heterocycles. The molecule has 0 unspecified atom stereocenters. The number of hydrogen-bond acceptors (Lipinski definition) is 5. The Morgan fingerprint density at radius 2 is 1.69 bits per heavy atom. The number of hydrogen-bond donors (Lipinski definition) is 4. The Morgan fingerprint density at radius 3 is 2.34 bits per heavy atom. The summed E-state index contributed by atoms with van der Waals surface area (Å²) in [6.07, 6.45) is 3.40. The first-order valence-corrected chi connectivity index (χ1v) is 12.4. The van der Waals surface area contributed by atoms with Crippen LogP contribution in [0.1, 0.15) is 44.2 Å². The summed E-state index contributed by atoms with van der Waals surface area (Å²) in [7, 11) is 0. The van der Waals surface area contributed by atoms with Gasteiger partial charge >= 0.3 is 0 Å². The van der Waals surface area contributed by atoms with Crippen molar-refractivity contribution in [3.05, 3.63) is 57.7 Å². The molecule has 0 aliphatic rings. The number of nitrogens with zero attached hydrogens (tertiary/aromatic N) is 1. The quantitative estimate of drug-likeness (QED) is 0.299. The van der Waals surface area contributed by atoms with Gasteiger partial charge in [-0.2, -0.15) is 0 Å². The van der Waals surface area contributed by atoms with Gasteiger partial charge in [-0.3, -0.25) is 14.4 Å². The summed E-state index contributed by atoms with van der Waals surface area (Å²) in [6.45, 7) is 6.36. The Morgan fingerprint density at radius 1 is 0.971 bits per heavy atom. The fraction of sp³-hybridized carbons (Fsp3) is 0.440. The third-order valence-corrected chi connectivity index (χ3v) is 5.53. The number of nitrogens with one attached hydrogen (secondary N) is 4. The summed E-state index contributed by atoms with van der Waals surface area (Å²) < 4.78 is 0. The molecular weight excluding hydrogens is 489 g/mol. The van der Waals surface area contributed by atoms with E-state index in [4.69, 9.17) is 23.2 Å². The van der Waals surface area contributed by atoms with Crippen LogP contribution in [0.2, 0.25) is 10.0 Å². The summed E-state index contributed by atoms with van der Waals surface area (Å²) in [5.74, 6) is -0.310. The molecule has 3 amide bonds. The predicted octanol–water partition coefficient (Wildman–Crippen LogP) is 3.85. The molecule has 190 valence electrons. The molecule has 1 atom stereocenters. The summed E-state index contributed by atoms with van der Waals surface area (Å²) in [5, 5.41) is 12.4. The number of benzene rings is 1. The van der Waals surface area contributed by atoms with Gasteiger partial charge in [0.2, 0.25) is 17.7 Å². The average Bonchev–Trinajstić information content (AvgIpc) is 2.79. The standard InChI is InChI=1S/C25H33Cl2N5O3/c1-16(2)24(34)31-15-21(25(35)30-14-18-11-19(26)13-20(27)12-18)32-23(33)6-4-5-8-28-22-10-17(3)7-9-29-22/h7,9-13,16,21H,4-6,8,14-15H2,1-3H3,(H,28,29)(H,30,35)(H,31,34)(H,32,33)/t21-/m0/s1. The first kappa shape index (κ1) is 28.4. The molecule has 0 bridgehead atoms. The zero-order chi connectivity index (χ0) is 25.8. The molecule has 0 spiro atoms. The Labute approximate surface area is 216 Å². The third kappa shape index (κ3) is 11.0. The van der Waals surface area contributed by atoms with Crippen LogP contribution in [0.5, 0.6) is 0 Å². The minimum atomic E-state index is -0.908. The first-order chi connectivity index (χ1) is 16.6. The van der Waals surface area contributed by atoms with Gasteiger partial charge in [-0.25, -0.2) is 4.98 Å². The van der Waals surface area contributed by atoms with Crippen molar-refractivity contribution in [2.24, 2.45) is 5.92 Å². The van der Waals surface area contributed by atoms with Crippen molar-refractivity contribution in [3.8, 4) is 0 Å². The van der Waals surface area contributed by atoms with E-state index in [-0.39, 0.29) is 37.2 Å². The molecule has 8 nitrogen and oxygen atoms in total. The van der Waals surface area contributed by atoms with E-state index in [0.29, 0.717) is 23.0 Å². The normalized spacial score (nSPS) is 11.6. The van der Waals surface area contributed by atoms with Gasteiger partial charge < -0.3 is 21.3 Å². The lowest BCUT2D eigenvalue weighted by atomic mass is 10.1. The van der Waals surface area contributed by atoms with E-state index >= 15 is 0 Å². The molecule has 0 radical (unpaired) electrons. The average molecular weight is 522 g/mol. The number of halogens is 2. The second kappa shape index (κ2) is 14.5. The van der Waals surface area contributed by atoms with Crippen molar-refractivity contribution in [3.63, 3.8) is 0 Å². The monoisotopic (exact) mass is 521 g/mol. The molecule has 0 fully saturated rings. The Bertz CT molecular complexity index is 996. The maximum Gasteiger partial charge on any atom is 0.244 e. The van der Waals surface area contributed by atoms with Crippen LogP contribution in [0.25, 0.3) is 0 Å². The van der Waals surface area contributed by atoms with E-state index in [1.54, 1.807) is 38.2 Å². The highest BCUT2D eigenvalue weighted by molar-refractivity contribution is 6.34. The highest BCUT2D eigenvalue weighted by atomic mass is 35.5. The predicted molar refractivity (Wildman–Crippen MR) is 139 cm³/mol. The van der Waals surface area contributed by atoms with Crippen LogP contribution in [-0.4, -0.2) is 41.8 Å². The highest BCUT2D eigenvalue weighted by Gasteiger charge is 2.22. The lowest BCUT2D eigenvalue weighted by molar-refractivity contribution is -0.130. The molecule has 10 heteroatoms. The van der Waals surface area contributed by atoms with E-state index in [1.165, 1.54) is 0 Å². The number of aryl methyl sites for hydroxylation is 1. The summed E-state index contributed by atoms with van der Waals surface area (Å²) >= 11 is 12.0. The zero-order valence-electron chi connectivity index (χ0n) is 20.3. The lowest BCUT2D eigenvalue weighted by Crippen LogP contribution is -2.52. The number of unbranched alkanes of at least 4 members (excludes halogenated alkanes) is 1. The Hall–Kier alpha value is -2.84. The topological polar surface area (TPSA) is 112 Å². The van der Waals surface area contributed by atoms with Crippen molar-refractivity contribution in [1.29, 1.82) is 0 Å². The van der Waals surface area contributed by atoms with Crippen LogP contribution >= 0.6 is 23.2 Å². The molecule has 35 heavy (non-hydrogen) atoms. The molecule has 1 aromatic heterocycles. The molecule has 0 saturated carbocycles. The van der Waals surface area contributed by atoms with Crippen molar-refractivity contribution < 1.29 is 14.4 Å². The number of aromatic nitrogens is 1. The molecule has 0 aliphatic carbocycles. The molecule has 1 aromatic carbocycles. The van der Waals surface area contributed by atoms with Gasteiger partial charge in [0, 0.05) is 48.2 Å². The van der Waals surface area contributed by atoms with Crippen molar-refractivity contribution in [2.45, 2.75) is 52.6 Å². The van der Waals surface area contributed by atoms with Crippen LogP contribution in [0.3, 0.4) is 0 Å². The van der Waals surface area contributed by atoms with Gasteiger partial charge in [0.05, 0.1) is 0 Å². The molecule has 2 rings (SSSR count). The second-order valence-corrected chi connectivity index (χ2v) is 9.49. The number of anilines is 1. The fourth-order valence-electron chi connectivity index (χ4n) is 3.17. The van der Waals surface area contributed by atoms with Gasteiger partial charge in [-0.15, -0.1) is 0 Å². The minimum Gasteiger partial charge on any atom is -0.370 e. The van der Waals surface area contributed by atoms with Crippen LogP contribution in [-0.2, 0) is 20.9 Å². The summed E-state index contributed by atoms with van der Waals surface area (Å²) in [4.78, 5) is 41.5. The van der Waals surface area contributed by atoms with Crippen LogP contribution < -0.4 is 21.3 Å². The second-order valence-electron chi connectivity index (χ2n) is 8.62. The van der Waals surface area contributed by atoms with E-state index < -0.39 is 11.9 Å². The van der Waals surface area contributed by atoms with Crippen LogP contribution in [0.4, 0.5) is 5.82 Å².